The van der Waals surface area contributed by atoms with Crippen LogP contribution in [0, 0.1) is 11.3 Å². The van der Waals surface area contributed by atoms with Crippen LogP contribution in [0.4, 0.5) is 5.69 Å². The second kappa shape index (κ2) is 7.33. The number of ether oxygens (including phenoxy) is 1. The summed E-state index contributed by atoms with van der Waals surface area (Å²) in [5, 5.41) is 17.7. The molecule has 23 heavy (non-hydrogen) atoms. The van der Waals surface area contributed by atoms with Crippen LogP contribution < -0.4 is 15.2 Å². The first-order valence-electron chi connectivity index (χ1n) is 6.59. The summed E-state index contributed by atoms with van der Waals surface area (Å²) >= 11 is 5.85. The Hall–Kier alpha value is -2.27. The van der Waals surface area contributed by atoms with Gasteiger partial charge >= 0.3 is 0 Å². The van der Waals surface area contributed by atoms with Crippen LogP contribution >= 0.6 is 11.6 Å². The van der Waals surface area contributed by atoms with E-state index >= 15 is 0 Å². The fraction of sp³-hybridized carbons (Fsp3) is 0.133. The molecule has 8 heteroatoms. The van der Waals surface area contributed by atoms with E-state index in [1.54, 1.807) is 24.3 Å². The number of hydrogen-bond donors (Lipinski definition) is 2. The van der Waals surface area contributed by atoms with Crippen molar-refractivity contribution in [2.45, 2.75) is 4.90 Å². The number of primary sulfonamides is 1. The van der Waals surface area contributed by atoms with Gasteiger partial charge in [-0.25, -0.2) is 13.6 Å². The van der Waals surface area contributed by atoms with Gasteiger partial charge in [-0.2, -0.15) is 5.26 Å². The molecule has 2 aromatic carbocycles. The highest BCUT2D eigenvalue weighted by Gasteiger charge is 2.11. The largest absolute Gasteiger partial charge is 0.492 e. The normalized spacial score (nSPS) is 10.8. The molecule has 0 aromatic heterocycles. The summed E-state index contributed by atoms with van der Waals surface area (Å²) in [4.78, 5) is -0.102. The number of rotatable bonds is 6. The second-order valence-electron chi connectivity index (χ2n) is 4.60. The van der Waals surface area contributed by atoms with E-state index in [9.17, 15) is 8.42 Å². The maximum absolute atomic E-state index is 11.3. The average molecular weight is 352 g/mol. The monoisotopic (exact) mass is 351 g/mol. The fourth-order valence-electron chi connectivity index (χ4n) is 1.86. The van der Waals surface area contributed by atoms with Gasteiger partial charge in [-0.15, -0.1) is 0 Å². The summed E-state index contributed by atoms with van der Waals surface area (Å²) in [7, 11) is -3.83. The molecule has 0 aliphatic heterocycles. The van der Waals surface area contributed by atoms with Crippen molar-refractivity contribution >= 4 is 27.3 Å². The lowest BCUT2D eigenvalue weighted by Gasteiger charge is -2.10. The number of nitrogens with two attached hydrogens (primary N) is 1. The molecule has 0 heterocycles. The van der Waals surface area contributed by atoms with Gasteiger partial charge in [-0.1, -0.05) is 17.7 Å². The minimum atomic E-state index is -3.83. The molecule has 0 aliphatic carbocycles. The number of halogens is 1. The molecule has 0 bridgehead atoms. The van der Waals surface area contributed by atoms with Crippen molar-refractivity contribution in [3.05, 3.63) is 53.1 Å². The number of sulfonamides is 1. The Balaban J connectivity index is 1.97. The second-order valence-corrected chi connectivity index (χ2v) is 6.59. The van der Waals surface area contributed by atoms with Crippen LogP contribution in [-0.4, -0.2) is 21.6 Å². The minimum Gasteiger partial charge on any atom is -0.492 e. The third-order valence-electron chi connectivity index (χ3n) is 2.92. The predicted octanol–water partition coefficient (Wildman–Crippen LogP) is 2.35. The molecule has 0 atom stereocenters. The van der Waals surface area contributed by atoms with E-state index in [2.05, 4.69) is 5.32 Å². The van der Waals surface area contributed by atoms with E-state index in [4.69, 9.17) is 26.7 Å². The lowest BCUT2D eigenvalue weighted by Crippen LogP contribution is -2.14. The molecule has 0 spiro atoms. The van der Waals surface area contributed by atoms with Gasteiger partial charge in [0.05, 0.1) is 16.1 Å². The molecular formula is C15H14ClN3O3S. The number of anilines is 1. The van der Waals surface area contributed by atoms with E-state index in [0.29, 0.717) is 29.6 Å². The summed E-state index contributed by atoms with van der Waals surface area (Å²) < 4.78 is 28.1. The number of nitriles is 1. The Morgan fingerprint density at radius 2 is 2.04 bits per heavy atom. The number of benzene rings is 2. The lowest BCUT2D eigenvalue weighted by atomic mass is 10.2. The van der Waals surface area contributed by atoms with Gasteiger partial charge in [-0.3, -0.25) is 0 Å². The van der Waals surface area contributed by atoms with Crippen LogP contribution in [0.5, 0.6) is 5.75 Å². The lowest BCUT2D eigenvalue weighted by molar-refractivity contribution is 0.333. The third-order valence-corrected chi connectivity index (χ3v) is 4.07. The van der Waals surface area contributed by atoms with Gasteiger partial charge in [-0.05, 0) is 36.4 Å². The number of hydrogen-bond acceptors (Lipinski definition) is 5. The summed E-state index contributed by atoms with van der Waals surface area (Å²) in [6.45, 7) is 0.776. The molecule has 0 saturated heterocycles. The number of nitrogens with zero attached hydrogens (tertiary/aromatic N) is 1. The van der Waals surface area contributed by atoms with Gasteiger partial charge in [0.15, 0.2) is 0 Å². The van der Waals surface area contributed by atoms with E-state index in [1.165, 1.54) is 18.2 Å². The highest BCUT2D eigenvalue weighted by molar-refractivity contribution is 7.89. The van der Waals surface area contributed by atoms with Gasteiger partial charge in [0.25, 0.3) is 0 Å². The van der Waals surface area contributed by atoms with Crippen LogP contribution in [-0.2, 0) is 10.0 Å². The van der Waals surface area contributed by atoms with Crippen LogP contribution in [0.3, 0.4) is 0 Å². The van der Waals surface area contributed by atoms with Crippen molar-refractivity contribution in [2.75, 3.05) is 18.5 Å². The van der Waals surface area contributed by atoms with Gasteiger partial charge in [0.2, 0.25) is 10.0 Å². The standard InChI is InChI=1S/C15H14ClN3O3S/c16-12-2-1-3-13(9-12)22-7-6-19-15-5-4-14(23(18,20)21)8-11(15)10-17/h1-5,8-9,19H,6-7H2,(H2,18,20,21). The van der Waals surface area contributed by atoms with Crippen LogP contribution in [0.2, 0.25) is 5.02 Å². The minimum absolute atomic E-state index is 0.102. The Labute approximate surface area is 139 Å². The SMILES string of the molecule is N#Cc1cc(S(N)(=O)=O)ccc1NCCOc1cccc(Cl)c1. The predicted molar refractivity (Wildman–Crippen MR) is 88.0 cm³/mol. The maximum Gasteiger partial charge on any atom is 0.238 e. The molecule has 120 valence electrons. The molecule has 2 aromatic rings. The molecule has 0 saturated carbocycles. The summed E-state index contributed by atoms with van der Waals surface area (Å²) in [6, 6.07) is 13.0. The van der Waals surface area contributed by atoms with Crippen LogP contribution in [0.25, 0.3) is 0 Å². The van der Waals surface area contributed by atoms with Crippen molar-refractivity contribution < 1.29 is 13.2 Å². The van der Waals surface area contributed by atoms with Gasteiger partial charge in [0, 0.05) is 11.6 Å². The molecule has 0 unspecified atom stereocenters. The molecule has 0 aliphatic rings. The quantitative estimate of drug-likeness (QED) is 0.777. The van der Waals surface area contributed by atoms with Crippen molar-refractivity contribution in [3.8, 4) is 11.8 Å². The third kappa shape index (κ3) is 4.86. The smallest absolute Gasteiger partial charge is 0.238 e. The topological polar surface area (TPSA) is 105 Å². The Kier molecular flexibility index (Phi) is 5.45. The van der Waals surface area contributed by atoms with E-state index in [-0.39, 0.29) is 10.5 Å². The van der Waals surface area contributed by atoms with Crippen molar-refractivity contribution in [2.24, 2.45) is 5.14 Å². The van der Waals surface area contributed by atoms with E-state index < -0.39 is 10.0 Å². The molecule has 0 amide bonds. The summed E-state index contributed by atoms with van der Waals surface area (Å²) in [6.07, 6.45) is 0. The number of nitrogens with one attached hydrogen (secondary N) is 1. The molecule has 3 N–H and O–H groups in total. The van der Waals surface area contributed by atoms with E-state index in [1.807, 2.05) is 6.07 Å². The molecule has 6 nitrogen and oxygen atoms in total. The van der Waals surface area contributed by atoms with Crippen molar-refractivity contribution in [3.63, 3.8) is 0 Å². The van der Waals surface area contributed by atoms with Gasteiger partial charge in [0.1, 0.15) is 18.4 Å². The highest BCUT2D eigenvalue weighted by atomic mass is 35.5. The first-order valence-corrected chi connectivity index (χ1v) is 8.52. The first kappa shape index (κ1) is 17.1. The fourth-order valence-corrected chi connectivity index (χ4v) is 2.58. The highest BCUT2D eigenvalue weighted by Crippen LogP contribution is 2.19. The Morgan fingerprint density at radius 3 is 2.70 bits per heavy atom. The van der Waals surface area contributed by atoms with Crippen LogP contribution in [0.15, 0.2) is 47.4 Å². The van der Waals surface area contributed by atoms with Crippen molar-refractivity contribution in [1.29, 1.82) is 5.26 Å². The molecule has 0 fully saturated rings. The zero-order chi connectivity index (χ0) is 16.9. The van der Waals surface area contributed by atoms with E-state index in [0.717, 1.165) is 0 Å². The zero-order valence-corrected chi connectivity index (χ0v) is 13.6. The van der Waals surface area contributed by atoms with Crippen molar-refractivity contribution in [1.82, 2.24) is 0 Å². The molecule has 2 rings (SSSR count). The Bertz CT molecular complexity index is 847. The Morgan fingerprint density at radius 1 is 1.26 bits per heavy atom. The van der Waals surface area contributed by atoms with Crippen LogP contribution in [0.1, 0.15) is 5.56 Å². The molecule has 0 radical (unpaired) electrons. The first-order chi connectivity index (χ1) is 10.9. The summed E-state index contributed by atoms with van der Waals surface area (Å²) in [5.74, 6) is 0.643. The van der Waals surface area contributed by atoms with Gasteiger partial charge < -0.3 is 10.1 Å². The maximum atomic E-state index is 11.3. The summed E-state index contributed by atoms with van der Waals surface area (Å²) in [5.41, 5.74) is 0.703. The zero-order valence-electron chi connectivity index (χ0n) is 12.0. The molecular weight excluding hydrogens is 338 g/mol. The average Bonchev–Trinajstić information content (AvgIpc) is 2.50.